The molecule has 7 nitrogen and oxygen atoms in total. The second-order valence-electron chi connectivity index (χ2n) is 7.91. The van der Waals surface area contributed by atoms with E-state index in [0.29, 0.717) is 37.7 Å². The van der Waals surface area contributed by atoms with Gasteiger partial charge < -0.3 is 10.2 Å². The van der Waals surface area contributed by atoms with Crippen molar-refractivity contribution in [3.8, 4) is 0 Å². The van der Waals surface area contributed by atoms with Crippen molar-refractivity contribution in [2.75, 3.05) is 13.1 Å². The molecule has 0 spiro atoms. The molecule has 2 heterocycles. The lowest BCUT2D eigenvalue weighted by Gasteiger charge is -2.39. The van der Waals surface area contributed by atoms with E-state index in [1.807, 2.05) is 35.2 Å². The number of carbonyl (C=O) groups is 2. The van der Waals surface area contributed by atoms with Gasteiger partial charge in [-0.3, -0.25) is 9.59 Å². The van der Waals surface area contributed by atoms with Gasteiger partial charge in [0, 0.05) is 26.1 Å². The maximum absolute atomic E-state index is 12.4. The number of rotatable bonds is 6. The van der Waals surface area contributed by atoms with Gasteiger partial charge in [-0.15, -0.1) is 5.10 Å². The standard InChI is InChI=1S/C21H27N5O2/c27-20(11-16-7-3-1-4-8-16)25-13-18(14-25)26-15-19(23-24-26)21(28)22-12-17-9-5-2-6-10-17/h2,5-6,9-10,15-16,18H,1,3-4,7-8,11-14H2,(H,22,28). The van der Waals surface area contributed by atoms with Gasteiger partial charge in [0.25, 0.3) is 5.91 Å². The first-order valence-electron chi connectivity index (χ1n) is 10.2. The van der Waals surface area contributed by atoms with Crippen LogP contribution < -0.4 is 5.32 Å². The van der Waals surface area contributed by atoms with Gasteiger partial charge in [-0.05, 0) is 24.3 Å². The van der Waals surface area contributed by atoms with E-state index in [9.17, 15) is 9.59 Å². The van der Waals surface area contributed by atoms with Crippen LogP contribution in [-0.2, 0) is 11.3 Å². The Hall–Kier alpha value is -2.70. The number of aromatic nitrogens is 3. The molecule has 1 aliphatic heterocycles. The first-order chi connectivity index (χ1) is 13.7. The second-order valence-corrected chi connectivity index (χ2v) is 7.91. The van der Waals surface area contributed by atoms with Crippen LogP contribution in [0, 0.1) is 5.92 Å². The molecular formula is C21H27N5O2. The predicted molar refractivity (Wildman–Crippen MR) is 104 cm³/mol. The van der Waals surface area contributed by atoms with Crippen molar-refractivity contribution >= 4 is 11.8 Å². The van der Waals surface area contributed by atoms with E-state index in [1.54, 1.807) is 10.9 Å². The molecule has 1 aromatic carbocycles. The molecule has 2 amide bonds. The summed E-state index contributed by atoms with van der Waals surface area (Å²) >= 11 is 0. The Kier molecular flexibility index (Phi) is 5.69. The first kappa shape index (κ1) is 18.7. The minimum absolute atomic E-state index is 0.110. The molecule has 1 saturated carbocycles. The highest BCUT2D eigenvalue weighted by Gasteiger charge is 2.34. The van der Waals surface area contributed by atoms with Crippen LogP contribution in [0.3, 0.4) is 0 Å². The smallest absolute Gasteiger partial charge is 0.273 e. The van der Waals surface area contributed by atoms with Crippen molar-refractivity contribution in [2.24, 2.45) is 5.92 Å². The number of nitrogens with one attached hydrogen (secondary N) is 1. The first-order valence-corrected chi connectivity index (χ1v) is 10.2. The van der Waals surface area contributed by atoms with Crippen LogP contribution in [0.25, 0.3) is 0 Å². The average molecular weight is 381 g/mol. The number of carbonyl (C=O) groups excluding carboxylic acids is 2. The van der Waals surface area contributed by atoms with E-state index in [0.717, 1.165) is 5.56 Å². The Bertz CT molecular complexity index is 807. The molecule has 1 aromatic heterocycles. The van der Waals surface area contributed by atoms with E-state index in [-0.39, 0.29) is 17.9 Å². The summed E-state index contributed by atoms with van der Waals surface area (Å²) in [6.45, 7) is 1.76. The van der Waals surface area contributed by atoms with Crippen LogP contribution in [0.15, 0.2) is 36.5 Å². The van der Waals surface area contributed by atoms with Crippen LogP contribution >= 0.6 is 0 Å². The quantitative estimate of drug-likeness (QED) is 0.834. The van der Waals surface area contributed by atoms with Crippen molar-refractivity contribution in [1.82, 2.24) is 25.2 Å². The van der Waals surface area contributed by atoms with Gasteiger partial charge in [0.2, 0.25) is 5.91 Å². The van der Waals surface area contributed by atoms with Gasteiger partial charge in [0.05, 0.1) is 12.2 Å². The maximum atomic E-state index is 12.4. The molecule has 4 rings (SSSR count). The van der Waals surface area contributed by atoms with E-state index in [1.165, 1.54) is 32.1 Å². The summed E-state index contributed by atoms with van der Waals surface area (Å²) < 4.78 is 1.71. The summed E-state index contributed by atoms with van der Waals surface area (Å²) in [7, 11) is 0. The van der Waals surface area contributed by atoms with Crippen molar-refractivity contribution in [1.29, 1.82) is 0 Å². The molecule has 0 atom stereocenters. The zero-order chi connectivity index (χ0) is 19.3. The summed E-state index contributed by atoms with van der Waals surface area (Å²) in [6.07, 6.45) is 8.56. The van der Waals surface area contributed by atoms with Crippen LogP contribution in [0.1, 0.15) is 60.6 Å². The highest BCUT2D eigenvalue weighted by atomic mass is 16.2. The summed E-state index contributed by atoms with van der Waals surface area (Å²) in [5.74, 6) is 0.579. The van der Waals surface area contributed by atoms with Gasteiger partial charge in [-0.25, -0.2) is 4.68 Å². The fraction of sp³-hybridized carbons (Fsp3) is 0.524. The minimum Gasteiger partial charge on any atom is -0.347 e. The van der Waals surface area contributed by atoms with Crippen molar-refractivity contribution in [3.63, 3.8) is 0 Å². The summed E-state index contributed by atoms with van der Waals surface area (Å²) in [5, 5.41) is 10.9. The lowest BCUT2D eigenvalue weighted by atomic mass is 9.86. The van der Waals surface area contributed by atoms with E-state index in [4.69, 9.17) is 0 Å². The molecule has 1 saturated heterocycles. The Morgan fingerprint density at radius 1 is 1.07 bits per heavy atom. The van der Waals surface area contributed by atoms with Crippen LogP contribution in [-0.4, -0.2) is 44.8 Å². The average Bonchev–Trinajstić information content (AvgIpc) is 3.16. The predicted octanol–water partition coefficient (Wildman–Crippen LogP) is 2.56. The third-order valence-electron chi connectivity index (χ3n) is 5.82. The second kappa shape index (κ2) is 8.54. The molecule has 1 aliphatic carbocycles. The van der Waals surface area contributed by atoms with Crippen molar-refractivity contribution in [3.05, 3.63) is 47.8 Å². The number of nitrogens with zero attached hydrogens (tertiary/aromatic N) is 4. The van der Waals surface area contributed by atoms with E-state index >= 15 is 0 Å². The van der Waals surface area contributed by atoms with Crippen LogP contribution in [0.4, 0.5) is 0 Å². The molecule has 2 aromatic rings. The zero-order valence-corrected chi connectivity index (χ0v) is 16.1. The number of likely N-dealkylation sites (tertiary alicyclic amines) is 1. The van der Waals surface area contributed by atoms with Crippen LogP contribution in [0.5, 0.6) is 0 Å². The summed E-state index contributed by atoms with van der Waals surface area (Å²) in [5.41, 5.74) is 1.34. The molecule has 148 valence electrons. The largest absolute Gasteiger partial charge is 0.347 e. The molecule has 2 fully saturated rings. The lowest BCUT2D eigenvalue weighted by Crippen LogP contribution is -2.51. The molecule has 2 aliphatic rings. The Morgan fingerprint density at radius 3 is 2.57 bits per heavy atom. The van der Waals surface area contributed by atoms with E-state index in [2.05, 4.69) is 15.6 Å². The highest BCUT2D eigenvalue weighted by molar-refractivity contribution is 5.91. The number of amides is 2. The SMILES string of the molecule is O=C(NCc1ccccc1)c1cn(C2CN(C(=O)CC3CCCCC3)C2)nn1. The number of hydrogen-bond acceptors (Lipinski definition) is 4. The molecule has 28 heavy (non-hydrogen) atoms. The van der Waals surface area contributed by atoms with Gasteiger partial charge in [0.15, 0.2) is 5.69 Å². The molecular weight excluding hydrogens is 354 g/mol. The minimum atomic E-state index is -0.236. The Labute approximate surface area is 165 Å². The molecule has 0 bridgehead atoms. The zero-order valence-electron chi connectivity index (χ0n) is 16.1. The fourth-order valence-corrected chi connectivity index (χ4v) is 4.02. The topological polar surface area (TPSA) is 80.1 Å². The van der Waals surface area contributed by atoms with Crippen molar-refractivity contribution < 1.29 is 9.59 Å². The Morgan fingerprint density at radius 2 is 1.82 bits per heavy atom. The number of hydrogen-bond donors (Lipinski definition) is 1. The summed E-state index contributed by atoms with van der Waals surface area (Å²) in [4.78, 5) is 26.6. The van der Waals surface area contributed by atoms with Gasteiger partial charge >= 0.3 is 0 Å². The third-order valence-corrected chi connectivity index (χ3v) is 5.82. The van der Waals surface area contributed by atoms with Gasteiger partial charge in [-0.1, -0.05) is 54.8 Å². The van der Waals surface area contributed by atoms with Crippen LogP contribution in [0.2, 0.25) is 0 Å². The van der Waals surface area contributed by atoms with Gasteiger partial charge in [0.1, 0.15) is 0 Å². The highest BCUT2D eigenvalue weighted by Crippen LogP contribution is 2.29. The summed E-state index contributed by atoms with van der Waals surface area (Å²) in [6, 6.07) is 9.86. The Balaban J connectivity index is 1.24. The molecule has 7 heteroatoms. The van der Waals surface area contributed by atoms with Crippen molar-refractivity contribution in [2.45, 2.75) is 51.1 Å². The maximum Gasteiger partial charge on any atom is 0.273 e. The third kappa shape index (κ3) is 4.40. The molecule has 0 radical (unpaired) electrons. The number of benzene rings is 1. The van der Waals surface area contributed by atoms with E-state index < -0.39 is 0 Å². The fourth-order valence-electron chi connectivity index (χ4n) is 4.02. The molecule has 0 unspecified atom stereocenters. The normalized spacial score (nSPS) is 17.9. The van der Waals surface area contributed by atoms with Gasteiger partial charge in [-0.2, -0.15) is 0 Å². The molecule has 1 N–H and O–H groups in total. The lowest BCUT2D eigenvalue weighted by molar-refractivity contribution is -0.138. The monoisotopic (exact) mass is 381 g/mol.